The van der Waals surface area contributed by atoms with E-state index in [1.165, 1.54) is 36.6 Å². The topological polar surface area (TPSA) is 72.2 Å². The van der Waals surface area contributed by atoms with Crippen LogP contribution in [-0.4, -0.2) is 15.0 Å². The second-order valence-corrected chi connectivity index (χ2v) is 7.11. The Morgan fingerprint density at radius 3 is 2.75 bits per heavy atom. The fraction of sp³-hybridized carbons (Fsp3) is 0.429. The maximum atomic E-state index is 12.2. The first kappa shape index (κ1) is 15.4. The minimum Gasteiger partial charge on any atom is -0.398 e. The molecule has 0 aromatic heterocycles. The number of nitrogens with one attached hydrogen (secondary N) is 1. The molecule has 0 spiro atoms. The maximum Gasteiger partial charge on any atom is 0.242 e. The molecule has 2 rings (SSSR count). The quantitative estimate of drug-likeness (QED) is 0.648. The van der Waals surface area contributed by atoms with Crippen molar-refractivity contribution in [1.29, 1.82) is 0 Å². The third-order valence-corrected chi connectivity index (χ3v) is 5.15. The molecule has 1 aliphatic rings. The first-order valence-electron chi connectivity index (χ1n) is 6.71. The van der Waals surface area contributed by atoms with Crippen LogP contribution in [0.25, 0.3) is 0 Å². The molecule has 4 nitrogen and oxygen atoms in total. The Hall–Kier alpha value is -1.04. The summed E-state index contributed by atoms with van der Waals surface area (Å²) in [5.41, 5.74) is 7.21. The molecule has 0 heterocycles. The van der Waals surface area contributed by atoms with E-state index in [9.17, 15) is 8.42 Å². The highest BCUT2D eigenvalue weighted by Gasteiger charge is 2.17. The van der Waals surface area contributed by atoms with Gasteiger partial charge in [-0.3, -0.25) is 0 Å². The molecule has 0 bridgehead atoms. The van der Waals surface area contributed by atoms with Gasteiger partial charge >= 0.3 is 0 Å². The summed E-state index contributed by atoms with van der Waals surface area (Å²) >= 11 is 5.77. The Morgan fingerprint density at radius 1 is 1.30 bits per heavy atom. The van der Waals surface area contributed by atoms with Crippen LogP contribution in [0, 0.1) is 0 Å². The van der Waals surface area contributed by atoms with E-state index in [1.807, 2.05) is 0 Å². The molecule has 0 radical (unpaired) electrons. The van der Waals surface area contributed by atoms with Gasteiger partial charge in [-0.05, 0) is 50.3 Å². The molecule has 0 saturated carbocycles. The zero-order valence-corrected chi connectivity index (χ0v) is 12.8. The molecule has 0 fully saturated rings. The van der Waals surface area contributed by atoms with Crippen molar-refractivity contribution in [2.45, 2.75) is 37.0 Å². The van der Waals surface area contributed by atoms with Crippen LogP contribution in [0.15, 0.2) is 34.7 Å². The molecule has 110 valence electrons. The Bertz CT molecular complexity index is 612. The van der Waals surface area contributed by atoms with Gasteiger partial charge in [-0.1, -0.05) is 23.3 Å². The zero-order valence-electron chi connectivity index (χ0n) is 11.2. The molecule has 1 aromatic rings. The molecule has 0 saturated heterocycles. The van der Waals surface area contributed by atoms with E-state index in [-0.39, 0.29) is 10.6 Å². The standard InChI is InChI=1S/C14H19ClN2O2S/c15-12-6-7-14(13(16)10-12)20(18,19)17-9-8-11-4-2-1-3-5-11/h4,6-7,10,17H,1-3,5,8-9,16H2. The van der Waals surface area contributed by atoms with Gasteiger partial charge in [0.25, 0.3) is 0 Å². The summed E-state index contributed by atoms with van der Waals surface area (Å²) in [5, 5.41) is 0.425. The van der Waals surface area contributed by atoms with Crippen molar-refractivity contribution in [3.63, 3.8) is 0 Å². The summed E-state index contributed by atoms with van der Waals surface area (Å²) in [6.45, 7) is 0.399. The molecule has 0 aliphatic heterocycles. The summed E-state index contributed by atoms with van der Waals surface area (Å²) < 4.78 is 26.9. The van der Waals surface area contributed by atoms with Crippen LogP contribution in [0.3, 0.4) is 0 Å². The molecular weight excluding hydrogens is 296 g/mol. The molecule has 20 heavy (non-hydrogen) atoms. The Balaban J connectivity index is 1.98. The number of nitrogen functional groups attached to an aromatic ring is 1. The van der Waals surface area contributed by atoms with Gasteiger partial charge in [0, 0.05) is 11.6 Å². The normalized spacial score (nSPS) is 15.9. The van der Waals surface area contributed by atoms with Crippen molar-refractivity contribution in [3.05, 3.63) is 34.9 Å². The number of rotatable bonds is 5. The van der Waals surface area contributed by atoms with Crippen LogP contribution in [0.4, 0.5) is 5.69 Å². The van der Waals surface area contributed by atoms with Gasteiger partial charge in [0.2, 0.25) is 10.0 Å². The van der Waals surface area contributed by atoms with Crippen molar-refractivity contribution < 1.29 is 8.42 Å². The molecule has 1 aliphatic carbocycles. The molecule has 6 heteroatoms. The molecule has 3 N–H and O–H groups in total. The second kappa shape index (κ2) is 6.61. The largest absolute Gasteiger partial charge is 0.398 e. The van der Waals surface area contributed by atoms with Crippen LogP contribution < -0.4 is 10.5 Å². The van der Waals surface area contributed by atoms with E-state index >= 15 is 0 Å². The van der Waals surface area contributed by atoms with Gasteiger partial charge in [-0.2, -0.15) is 0 Å². The lowest BCUT2D eigenvalue weighted by atomic mass is 9.97. The zero-order chi connectivity index (χ0) is 14.6. The van der Waals surface area contributed by atoms with E-state index in [0.717, 1.165) is 19.3 Å². The predicted octanol–water partition coefficient (Wildman–Crippen LogP) is 3.09. The summed E-state index contributed by atoms with van der Waals surface area (Å²) in [4.78, 5) is 0.0829. The lowest BCUT2D eigenvalue weighted by Crippen LogP contribution is -2.26. The van der Waals surface area contributed by atoms with Gasteiger partial charge in [-0.25, -0.2) is 13.1 Å². The Kier molecular flexibility index (Phi) is 5.07. The molecule has 1 aromatic carbocycles. The first-order chi connectivity index (χ1) is 9.49. The van der Waals surface area contributed by atoms with Crippen LogP contribution in [0.5, 0.6) is 0 Å². The highest BCUT2D eigenvalue weighted by molar-refractivity contribution is 7.89. The number of benzene rings is 1. The Labute approximate surface area is 125 Å². The summed E-state index contributed by atoms with van der Waals surface area (Å²) in [5.74, 6) is 0. The van der Waals surface area contributed by atoms with Gasteiger partial charge in [-0.15, -0.1) is 0 Å². The third-order valence-electron chi connectivity index (χ3n) is 3.38. The van der Waals surface area contributed by atoms with Crippen LogP contribution in [0.2, 0.25) is 5.02 Å². The van der Waals surface area contributed by atoms with E-state index in [2.05, 4.69) is 10.8 Å². The second-order valence-electron chi connectivity index (χ2n) is 4.94. The monoisotopic (exact) mass is 314 g/mol. The number of sulfonamides is 1. The smallest absolute Gasteiger partial charge is 0.242 e. The number of hydrogen-bond acceptors (Lipinski definition) is 3. The fourth-order valence-electron chi connectivity index (χ4n) is 2.32. The van der Waals surface area contributed by atoms with Crippen molar-refractivity contribution >= 4 is 27.3 Å². The van der Waals surface area contributed by atoms with E-state index in [4.69, 9.17) is 17.3 Å². The average molecular weight is 315 g/mol. The van der Waals surface area contributed by atoms with E-state index < -0.39 is 10.0 Å². The minimum atomic E-state index is -3.57. The number of hydrogen-bond donors (Lipinski definition) is 2. The van der Waals surface area contributed by atoms with Gasteiger partial charge in [0.05, 0.1) is 5.69 Å². The van der Waals surface area contributed by atoms with Gasteiger partial charge in [0.15, 0.2) is 0 Å². The number of nitrogens with two attached hydrogens (primary N) is 1. The molecule has 0 amide bonds. The lowest BCUT2D eigenvalue weighted by Gasteiger charge is -2.13. The van der Waals surface area contributed by atoms with Gasteiger partial charge in [0.1, 0.15) is 4.90 Å². The minimum absolute atomic E-state index is 0.0829. The van der Waals surface area contributed by atoms with Crippen LogP contribution in [-0.2, 0) is 10.0 Å². The van der Waals surface area contributed by atoms with E-state index in [1.54, 1.807) is 0 Å². The van der Waals surface area contributed by atoms with Crippen molar-refractivity contribution in [2.75, 3.05) is 12.3 Å². The molecule has 0 atom stereocenters. The highest BCUT2D eigenvalue weighted by Crippen LogP contribution is 2.23. The molecule has 0 unspecified atom stereocenters. The Morgan fingerprint density at radius 2 is 2.10 bits per heavy atom. The van der Waals surface area contributed by atoms with Crippen molar-refractivity contribution in [3.8, 4) is 0 Å². The molecular formula is C14H19ClN2O2S. The van der Waals surface area contributed by atoms with Crippen LogP contribution >= 0.6 is 11.6 Å². The fourth-order valence-corrected chi connectivity index (χ4v) is 3.64. The predicted molar refractivity (Wildman–Crippen MR) is 82.2 cm³/mol. The van der Waals surface area contributed by atoms with Crippen molar-refractivity contribution in [2.24, 2.45) is 0 Å². The average Bonchev–Trinajstić information content (AvgIpc) is 2.39. The number of anilines is 1. The highest BCUT2D eigenvalue weighted by atomic mass is 35.5. The van der Waals surface area contributed by atoms with Crippen molar-refractivity contribution in [1.82, 2.24) is 4.72 Å². The maximum absolute atomic E-state index is 12.2. The third kappa shape index (κ3) is 3.98. The summed E-state index contributed by atoms with van der Waals surface area (Å²) in [7, 11) is -3.57. The number of halogens is 1. The SMILES string of the molecule is Nc1cc(Cl)ccc1S(=O)(=O)NCCC1=CCCCC1. The number of allylic oxidation sites excluding steroid dienone is 1. The van der Waals surface area contributed by atoms with Crippen LogP contribution in [0.1, 0.15) is 32.1 Å². The van der Waals surface area contributed by atoms with Gasteiger partial charge < -0.3 is 5.73 Å². The lowest BCUT2D eigenvalue weighted by molar-refractivity contribution is 0.580. The summed E-state index contributed by atoms with van der Waals surface area (Å²) in [6.07, 6.45) is 7.58. The summed E-state index contributed by atoms with van der Waals surface area (Å²) in [6, 6.07) is 4.40. The first-order valence-corrected chi connectivity index (χ1v) is 8.58. The van der Waals surface area contributed by atoms with E-state index in [0.29, 0.717) is 11.6 Å².